The highest BCUT2D eigenvalue weighted by molar-refractivity contribution is 6.35. The first-order chi connectivity index (χ1) is 7.66. The van der Waals surface area contributed by atoms with E-state index in [1.807, 2.05) is 0 Å². The number of carbonyl (C=O) groups excluding carboxylic acids is 1. The van der Waals surface area contributed by atoms with Crippen LogP contribution in [0.3, 0.4) is 0 Å². The van der Waals surface area contributed by atoms with Crippen molar-refractivity contribution >= 4 is 34.8 Å². The van der Waals surface area contributed by atoms with Crippen LogP contribution in [0.5, 0.6) is 0 Å². The Hall–Kier alpha value is -0.770. The molecule has 2 N–H and O–H groups in total. The van der Waals surface area contributed by atoms with E-state index < -0.39 is 0 Å². The number of rotatable bonds is 2. The highest BCUT2D eigenvalue weighted by Gasteiger charge is 2.22. The minimum Gasteiger partial charge on any atom is -0.324 e. The molecule has 1 heterocycles. The van der Waals surface area contributed by atoms with Crippen LogP contribution in [0.4, 0.5) is 5.69 Å². The molecule has 1 fully saturated rings. The smallest absolute Gasteiger partial charge is 0.228 e. The maximum absolute atomic E-state index is 11.8. The van der Waals surface area contributed by atoms with Crippen LogP contribution in [0.1, 0.15) is 6.42 Å². The Morgan fingerprint density at radius 2 is 2.25 bits per heavy atom. The SMILES string of the molecule is O=C(Nc1cc(Cl)ccc1Cl)C1CCNC1. The Labute approximate surface area is 104 Å². The number of hydrogen-bond acceptors (Lipinski definition) is 2. The number of carbonyl (C=O) groups is 1. The molecule has 3 nitrogen and oxygen atoms in total. The third kappa shape index (κ3) is 2.67. The van der Waals surface area contributed by atoms with Crippen molar-refractivity contribution in [1.82, 2.24) is 5.32 Å². The summed E-state index contributed by atoms with van der Waals surface area (Å²) < 4.78 is 0. The molecule has 0 aliphatic carbocycles. The normalized spacial score (nSPS) is 19.8. The van der Waals surface area contributed by atoms with Gasteiger partial charge in [-0.15, -0.1) is 0 Å². The fourth-order valence-corrected chi connectivity index (χ4v) is 2.04. The Morgan fingerprint density at radius 3 is 2.94 bits per heavy atom. The van der Waals surface area contributed by atoms with Crippen molar-refractivity contribution in [2.24, 2.45) is 5.92 Å². The summed E-state index contributed by atoms with van der Waals surface area (Å²) in [6.07, 6.45) is 0.865. The minimum atomic E-state index is -0.00540. The van der Waals surface area contributed by atoms with Gasteiger partial charge in [0, 0.05) is 11.6 Å². The monoisotopic (exact) mass is 258 g/mol. The highest BCUT2D eigenvalue weighted by atomic mass is 35.5. The van der Waals surface area contributed by atoms with Crippen molar-refractivity contribution in [3.05, 3.63) is 28.2 Å². The summed E-state index contributed by atoms with van der Waals surface area (Å²) in [4.78, 5) is 11.8. The fourth-order valence-electron chi connectivity index (χ4n) is 1.71. The van der Waals surface area contributed by atoms with Crippen molar-refractivity contribution in [3.8, 4) is 0 Å². The molecule has 1 unspecified atom stereocenters. The lowest BCUT2D eigenvalue weighted by Gasteiger charge is -2.11. The largest absolute Gasteiger partial charge is 0.324 e. The van der Waals surface area contributed by atoms with Gasteiger partial charge in [-0.25, -0.2) is 0 Å². The molecule has 5 heteroatoms. The molecule has 1 aromatic carbocycles. The molecular weight excluding hydrogens is 247 g/mol. The van der Waals surface area contributed by atoms with Crippen LogP contribution >= 0.6 is 23.2 Å². The summed E-state index contributed by atoms with van der Waals surface area (Å²) in [7, 11) is 0. The van der Waals surface area contributed by atoms with Gasteiger partial charge in [0.15, 0.2) is 0 Å². The van der Waals surface area contributed by atoms with Crippen LogP contribution in [0, 0.1) is 5.92 Å². The van der Waals surface area contributed by atoms with Gasteiger partial charge >= 0.3 is 0 Å². The zero-order valence-corrected chi connectivity index (χ0v) is 10.1. The van der Waals surface area contributed by atoms with E-state index in [1.165, 1.54) is 0 Å². The Bertz CT molecular complexity index is 403. The number of amides is 1. The van der Waals surface area contributed by atoms with Crippen molar-refractivity contribution in [3.63, 3.8) is 0 Å². The summed E-state index contributed by atoms with van der Waals surface area (Å²) in [5, 5.41) is 7.01. The molecule has 1 aliphatic rings. The van der Waals surface area contributed by atoms with Gasteiger partial charge in [0.05, 0.1) is 16.6 Å². The predicted octanol–water partition coefficient (Wildman–Crippen LogP) is 2.54. The molecule has 0 bridgehead atoms. The second-order valence-electron chi connectivity index (χ2n) is 3.80. The van der Waals surface area contributed by atoms with E-state index in [0.717, 1.165) is 19.5 Å². The molecule has 0 aromatic heterocycles. The van der Waals surface area contributed by atoms with Crippen LogP contribution in [0.2, 0.25) is 10.0 Å². The molecule has 1 aliphatic heterocycles. The zero-order valence-electron chi connectivity index (χ0n) is 8.59. The third-order valence-corrected chi connectivity index (χ3v) is 3.18. The molecule has 86 valence electrons. The average molecular weight is 259 g/mol. The van der Waals surface area contributed by atoms with Crippen LogP contribution in [0.25, 0.3) is 0 Å². The van der Waals surface area contributed by atoms with E-state index in [-0.39, 0.29) is 11.8 Å². The number of halogens is 2. The van der Waals surface area contributed by atoms with Gasteiger partial charge in [0.2, 0.25) is 5.91 Å². The molecular formula is C11H12Cl2N2O. The van der Waals surface area contributed by atoms with Crippen LogP contribution in [-0.4, -0.2) is 19.0 Å². The topological polar surface area (TPSA) is 41.1 Å². The second kappa shape index (κ2) is 5.04. The lowest BCUT2D eigenvalue weighted by atomic mass is 10.1. The molecule has 1 saturated heterocycles. The quantitative estimate of drug-likeness (QED) is 0.856. The lowest BCUT2D eigenvalue weighted by Crippen LogP contribution is -2.24. The van der Waals surface area contributed by atoms with Crippen molar-refractivity contribution in [1.29, 1.82) is 0 Å². The van der Waals surface area contributed by atoms with Gasteiger partial charge in [-0.3, -0.25) is 4.79 Å². The summed E-state index contributed by atoms with van der Waals surface area (Å²) in [5.41, 5.74) is 0.575. The molecule has 0 spiro atoms. The lowest BCUT2D eigenvalue weighted by molar-refractivity contribution is -0.119. The van der Waals surface area contributed by atoms with Crippen molar-refractivity contribution < 1.29 is 4.79 Å². The van der Waals surface area contributed by atoms with E-state index in [0.29, 0.717) is 15.7 Å². The average Bonchev–Trinajstić information content (AvgIpc) is 2.76. The van der Waals surface area contributed by atoms with Crippen molar-refractivity contribution in [2.75, 3.05) is 18.4 Å². The molecule has 0 saturated carbocycles. The first-order valence-electron chi connectivity index (χ1n) is 5.13. The van der Waals surface area contributed by atoms with Crippen LogP contribution in [-0.2, 0) is 4.79 Å². The van der Waals surface area contributed by atoms with Crippen LogP contribution in [0.15, 0.2) is 18.2 Å². The predicted molar refractivity (Wildman–Crippen MR) is 66.1 cm³/mol. The minimum absolute atomic E-state index is 0.00540. The van der Waals surface area contributed by atoms with Gasteiger partial charge < -0.3 is 10.6 Å². The first-order valence-corrected chi connectivity index (χ1v) is 5.89. The van der Waals surface area contributed by atoms with E-state index in [9.17, 15) is 4.79 Å². The van der Waals surface area contributed by atoms with Gasteiger partial charge in [0.1, 0.15) is 0 Å². The number of anilines is 1. The van der Waals surface area contributed by atoms with Gasteiger partial charge in [0.25, 0.3) is 0 Å². The molecule has 16 heavy (non-hydrogen) atoms. The maximum Gasteiger partial charge on any atom is 0.228 e. The number of nitrogens with one attached hydrogen (secondary N) is 2. The molecule has 1 atom stereocenters. The maximum atomic E-state index is 11.8. The third-order valence-electron chi connectivity index (χ3n) is 2.62. The van der Waals surface area contributed by atoms with E-state index in [2.05, 4.69) is 10.6 Å². The van der Waals surface area contributed by atoms with Crippen molar-refractivity contribution in [2.45, 2.75) is 6.42 Å². The van der Waals surface area contributed by atoms with E-state index in [1.54, 1.807) is 18.2 Å². The molecule has 1 amide bonds. The zero-order chi connectivity index (χ0) is 11.5. The Balaban J connectivity index is 2.07. The first kappa shape index (κ1) is 11.7. The fraction of sp³-hybridized carbons (Fsp3) is 0.364. The summed E-state index contributed by atoms with van der Waals surface area (Å²) in [6.45, 7) is 1.62. The van der Waals surface area contributed by atoms with Gasteiger partial charge in [-0.1, -0.05) is 23.2 Å². The second-order valence-corrected chi connectivity index (χ2v) is 4.65. The van der Waals surface area contributed by atoms with E-state index in [4.69, 9.17) is 23.2 Å². The van der Waals surface area contributed by atoms with Gasteiger partial charge in [-0.2, -0.15) is 0 Å². The van der Waals surface area contributed by atoms with Gasteiger partial charge in [-0.05, 0) is 31.2 Å². The molecule has 2 rings (SSSR count). The molecule has 1 aromatic rings. The standard InChI is InChI=1S/C11H12Cl2N2O/c12-8-1-2-9(13)10(5-8)15-11(16)7-3-4-14-6-7/h1-2,5,7,14H,3-4,6H2,(H,15,16). The molecule has 0 radical (unpaired) electrons. The number of benzene rings is 1. The Kier molecular flexibility index (Phi) is 3.69. The summed E-state index contributed by atoms with van der Waals surface area (Å²) >= 11 is 11.8. The highest BCUT2D eigenvalue weighted by Crippen LogP contribution is 2.26. The summed E-state index contributed by atoms with van der Waals surface area (Å²) in [6, 6.07) is 5.02. The number of hydrogen-bond donors (Lipinski definition) is 2. The summed E-state index contributed by atoms with van der Waals surface area (Å²) in [5.74, 6) is 0.0178. The van der Waals surface area contributed by atoms with Crippen LogP contribution < -0.4 is 10.6 Å². The van der Waals surface area contributed by atoms with E-state index >= 15 is 0 Å². The Morgan fingerprint density at radius 1 is 1.44 bits per heavy atom.